The van der Waals surface area contributed by atoms with Crippen LogP contribution in [0.15, 0.2) is 24.5 Å². The van der Waals surface area contributed by atoms with E-state index in [0.29, 0.717) is 6.04 Å². The van der Waals surface area contributed by atoms with Crippen molar-refractivity contribution in [2.45, 2.75) is 18.9 Å². The van der Waals surface area contributed by atoms with E-state index in [9.17, 15) is 0 Å². The molecule has 0 aliphatic carbocycles. The van der Waals surface area contributed by atoms with Gasteiger partial charge in [0.25, 0.3) is 0 Å². The van der Waals surface area contributed by atoms with Crippen LogP contribution in [0.2, 0.25) is 0 Å². The second kappa shape index (κ2) is 5.08. The monoisotopic (exact) mass is 244 g/mol. The van der Waals surface area contributed by atoms with Crippen LogP contribution in [0.1, 0.15) is 24.4 Å². The molecule has 1 unspecified atom stereocenters. The summed E-state index contributed by atoms with van der Waals surface area (Å²) in [5.41, 5.74) is 3.53. The predicted molar refractivity (Wildman–Crippen MR) is 73.5 cm³/mol. The maximum atomic E-state index is 4.27. The first-order valence-corrected chi connectivity index (χ1v) is 6.69. The summed E-state index contributed by atoms with van der Waals surface area (Å²) in [5, 5.41) is 6.91. The molecule has 1 aliphatic rings. The number of H-pyrrole nitrogens is 1. The van der Waals surface area contributed by atoms with Crippen LogP contribution in [0.5, 0.6) is 0 Å². The molecule has 1 aromatic heterocycles. The molecule has 1 aromatic carbocycles. The normalized spacial score (nSPS) is 19.2. The van der Waals surface area contributed by atoms with E-state index < -0.39 is 0 Å². The second-order valence-corrected chi connectivity index (χ2v) is 5.03. The molecule has 1 saturated heterocycles. The highest BCUT2D eigenvalue weighted by molar-refractivity contribution is 5.75. The number of rotatable bonds is 3. The lowest BCUT2D eigenvalue weighted by Gasteiger charge is -2.30. The molecule has 4 nitrogen and oxygen atoms in total. The van der Waals surface area contributed by atoms with Gasteiger partial charge in [0.2, 0.25) is 0 Å². The van der Waals surface area contributed by atoms with E-state index in [2.05, 4.69) is 45.8 Å². The third-order valence-electron chi connectivity index (χ3n) is 3.97. The highest BCUT2D eigenvalue weighted by Crippen LogP contribution is 2.29. The summed E-state index contributed by atoms with van der Waals surface area (Å²) in [4.78, 5) is 7.46. The molecule has 2 aromatic rings. The van der Waals surface area contributed by atoms with Crippen molar-refractivity contribution in [2.75, 3.05) is 20.1 Å². The standard InChI is InChI=1S/C14H20N4/c1-15-14(10-4-6-16-7-5-10)11-2-3-12-13(8-11)18-9-17-12/h2-3,8-10,14-16H,4-7H2,1H3,(H,17,18). The maximum Gasteiger partial charge on any atom is 0.0931 e. The van der Waals surface area contributed by atoms with Crippen LogP contribution in [-0.4, -0.2) is 30.1 Å². The fourth-order valence-electron chi connectivity index (χ4n) is 3.00. The molecule has 4 heteroatoms. The fraction of sp³-hybridized carbons (Fsp3) is 0.500. The molecule has 3 N–H and O–H groups in total. The van der Waals surface area contributed by atoms with Gasteiger partial charge in [0.1, 0.15) is 0 Å². The largest absolute Gasteiger partial charge is 0.345 e. The van der Waals surface area contributed by atoms with Crippen LogP contribution in [-0.2, 0) is 0 Å². The fourth-order valence-corrected chi connectivity index (χ4v) is 3.00. The molecule has 2 heterocycles. The zero-order valence-corrected chi connectivity index (χ0v) is 10.7. The Labute approximate surface area is 107 Å². The summed E-state index contributed by atoms with van der Waals surface area (Å²) in [5.74, 6) is 0.719. The molecule has 0 radical (unpaired) electrons. The summed E-state index contributed by atoms with van der Waals surface area (Å²) in [6.45, 7) is 2.27. The first-order valence-electron chi connectivity index (χ1n) is 6.69. The number of aromatic amines is 1. The average molecular weight is 244 g/mol. The van der Waals surface area contributed by atoms with E-state index in [1.165, 1.54) is 18.4 Å². The van der Waals surface area contributed by atoms with Crippen LogP contribution < -0.4 is 10.6 Å². The Morgan fingerprint density at radius 3 is 2.94 bits per heavy atom. The third kappa shape index (κ3) is 2.13. The number of nitrogens with zero attached hydrogens (tertiary/aromatic N) is 1. The highest BCUT2D eigenvalue weighted by atomic mass is 14.9. The van der Waals surface area contributed by atoms with E-state index in [0.717, 1.165) is 30.0 Å². The van der Waals surface area contributed by atoms with Gasteiger partial charge in [-0.05, 0) is 56.6 Å². The Morgan fingerprint density at radius 1 is 1.33 bits per heavy atom. The van der Waals surface area contributed by atoms with Crippen molar-refractivity contribution in [3.8, 4) is 0 Å². The number of benzene rings is 1. The second-order valence-electron chi connectivity index (χ2n) is 5.03. The zero-order valence-electron chi connectivity index (χ0n) is 10.7. The van der Waals surface area contributed by atoms with Crippen molar-refractivity contribution in [1.82, 2.24) is 20.6 Å². The Kier molecular flexibility index (Phi) is 3.30. The van der Waals surface area contributed by atoms with Crippen molar-refractivity contribution in [1.29, 1.82) is 0 Å². The molecule has 0 bridgehead atoms. The Balaban J connectivity index is 1.89. The Hall–Kier alpha value is -1.39. The number of hydrogen-bond donors (Lipinski definition) is 3. The van der Waals surface area contributed by atoms with Gasteiger partial charge in [-0.15, -0.1) is 0 Å². The van der Waals surface area contributed by atoms with E-state index >= 15 is 0 Å². The first-order chi connectivity index (χ1) is 8.88. The number of fused-ring (bicyclic) bond motifs is 1. The van der Waals surface area contributed by atoms with Gasteiger partial charge in [-0.2, -0.15) is 0 Å². The Bertz CT molecular complexity index is 513. The van der Waals surface area contributed by atoms with E-state index in [1.54, 1.807) is 6.33 Å². The van der Waals surface area contributed by atoms with Gasteiger partial charge in [0, 0.05) is 6.04 Å². The zero-order chi connectivity index (χ0) is 12.4. The molecule has 0 spiro atoms. The summed E-state index contributed by atoms with van der Waals surface area (Å²) >= 11 is 0. The van der Waals surface area contributed by atoms with Gasteiger partial charge in [-0.25, -0.2) is 4.98 Å². The molecular weight excluding hydrogens is 224 g/mol. The lowest BCUT2D eigenvalue weighted by Crippen LogP contribution is -2.35. The van der Waals surface area contributed by atoms with Crippen LogP contribution in [0, 0.1) is 5.92 Å². The lowest BCUT2D eigenvalue weighted by molar-refractivity contribution is 0.294. The molecule has 3 rings (SSSR count). The minimum absolute atomic E-state index is 0.444. The van der Waals surface area contributed by atoms with Gasteiger partial charge < -0.3 is 15.6 Å². The van der Waals surface area contributed by atoms with Crippen LogP contribution >= 0.6 is 0 Å². The Morgan fingerprint density at radius 2 is 2.17 bits per heavy atom. The van der Waals surface area contributed by atoms with Crippen molar-refractivity contribution in [3.63, 3.8) is 0 Å². The van der Waals surface area contributed by atoms with Gasteiger partial charge in [0.15, 0.2) is 0 Å². The van der Waals surface area contributed by atoms with Crippen LogP contribution in [0.4, 0.5) is 0 Å². The SMILES string of the molecule is CNC(c1ccc2nc[nH]c2c1)C1CCNCC1. The summed E-state index contributed by atoms with van der Waals surface area (Å²) in [7, 11) is 2.06. The summed E-state index contributed by atoms with van der Waals surface area (Å²) in [6, 6.07) is 6.98. The van der Waals surface area contributed by atoms with Crippen molar-refractivity contribution in [2.24, 2.45) is 5.92 Å². The van der Waals surface area contributed by atoms with Crippen molar-refractivity contribution in [3.05, 3.63) is 30.1 Å². The molecule has 1 aliphatic heterocycles. The quantitative estimate of drug-likeness (QED) is 0.772. The van der Waals surface area contributed by atoms with Gasteiger partial charge in [0.05, 0.1) is 17.4 Å². The maximum absolute atomic E-state index is 4.27. The molecule has 0 amide bonds. The number of piperidine rings is 1. The highest BCUT2D eigenvalue weighted by Gasteiger charge is 2.23. The number of hydrogen-bond acceptors (Lipinski definition) is 3. The number of aromatic nitrogens is 2. The topological polar surface area (TPSA) is 52.7 Å². The van der Waals surface area contributed by atoms with Gasteiger partial charge >= 0.3 is 0 Å². The molecule has 0 saturated carbocycles. The van der Waals surface area contributed by atoms with E-state index in [4.69, 9.17) is 0 Å². The molecule has 18 heavy (non-hydrogen) atoms. The van der Waals surface area contributed by atoms with Crippen LogP contribution in [0.3, 0.4) is 0 Å². The molecule has 1 atom stereocenters. The van der Waals surface area contributed by atoms with Gasteiger partial charge in [-0.1, -0.05) is 6.07 Å². The first kappa shape index (κ1) is 11.7. The number of nitrogens with one attached hydrogen (secondary N) is 3. The predicted octanol–water partition coefficient (Wildman–Crippen LogP) is 1.82. The lowest BCUT2D eigenvalue weighted by atomic mass is 9.86. The van der Waals surface area contributed by atoms with Crippen molar-refractivity contribution >= 4 is 11.0 Å². The van der Waals surface area contributed by atoms with E-state index in [1.807, 2.05) is 0 Å². The van der Waals surface area contributed by atoms with Crippen LogP contribution in [0.25, 0.3) is 11.0 Å². The smallest absolute Gasteiger partial charge is 0.0931 e. The van der Waals surface area contributed by atoms with Gasteiger partial charge in [-0.3, -0.25) is 0 Å². The van der Waals surface area contributed by atoms with Crippen molar-refractivity contribution < 1.29 is 0 Å². The summed E-state index contributed by atoms with van der Waals surface area (Å²) in [6.07, 6.45) is 4.24. The average Bonchev–Trinajstić information content (AvgIpc) is 2.88. The number of imidazole rings is 1. The minimum Gasteiger partial charge on any atom is -0.345 e. The summed E-state index contributed by atoms with van der Waals surface area (Å²) < 4.78 is 0. The molecular formula is C14H20N4. The molecule has 96 valence electrons. The van der Waals surface area contributed by atoms with E-state index in [-0.39, 0.29) is 0 Å². The third-order valence-corrected chi connectivity index (χ3v) is 3.97. The minimum atomic E-state index is 0.444. The molecule has 1 fully saturated rings.